The number of sulfonamides is 1. The number of carbonyl (C=O) groups excluding carboxylic acids is 1. The molecule has 7 nitrogen and oxygen atoms in total. The van der Waals surface area contributed by atoms with Gasteiger partial charge in [0.2, 0.25) is 15.9 Å². The summed E-state index contributed by atoms with van der Waals surface area (Å²) in [5.41, 5.74) is 2.97. The third-order valence-electron chi connectivity index (χ3n) is 5.20. The fourth-order valence-electron chi connectivity index (χ4n) is 3.42. The highest BCUT2D eigenvalue weighted by Crippen LogP contribution is 2.25. The van der Waals surface area contributed by atoms with Crippen LogP contribution in [-0.2, 0) is 19.6 Å². The van der Waals surface area contributed by atoms with Crippen molar-refractivity contribution in [2.24, 2.45) is 0 Å². The molecule has 170 valence electrons. The third kappa shape index (κ3) is 6.96. The van der Waals surface area contributed by atoms with Gasteiger partial charge in [0.15, 0.2) is 0 Å². The Hall–Kier alpha value is -1.64. The molecule has 2 unspecified atom stereocenters. The second-order valence-corrected chi connectivity index (χ2v) is 11.7. The lowest BCUT2D eigenvalue weighted by Crippen LogP contribution is -2.45. The zero-order valence-corrected chi connectivity index (χ0v) is 19.9. The zero-order chi connectivity index (χ0) is 22.5. The van der Waals surface area contributed by atoms with Crippen LogP contribution in [0.5, 0.6) is 0 Å². The molecular weight excluding hydrogens is 402 g/mol. The highest BCUT2D eigenvalue weighted by molar-refractivity contribution is 7.90. The molecule has 1 amide bonds. The van der Waals surface area contributed by atoms with Crippen LogP contribution in [0, 0.1) is 6.92 Å². The summed E-state index contributed by atoms with van der Waals surface area (Å²) in [6.07, 6.45) is 1.99. The van der Waals surface area contributed by atoms with Gasteiger partial charge in [0.1, 0.15) is 0 Å². The van der Waals surface area contributed by atoms with Gasteiger partial charge in [0, 0.05) is 37.4 Å². The van der Waals surface area contributed by atoms with E-state index < -0.39 is 14.8 Å². The predicted molar refractivity (Wildman–Crippen MR) is 123 cm³/mol. The smallest absolute Gasteiger partial charge is 0.224 e. The molecule has 1 fully saturated rings. The number of ether oxygens (including phenoxy) is 1. The number of unbranched alkanes of at least 4 members (excludes halogenated alkanes) is 1. The minimum atomic E-state index is -3.34. The maximum absolute atomic E-state index is 12.3. The highest BCUT2D eigenvalue weighted by atomic mass is 32.2. The Morgan fingerprint density at radius 2 is 1.80 bits per heavy atom. The maximum atomic E-state index is 12.3. The molecule has 2 N–H and O–H groups in total. The first-order chi connectivity index (χ1) is 13.9. The number of anilines is 2. The van der Waals surface area contributed by atoms with E-state index in [9.17, 15) is 13.2 Å². The van der Waals surface area contributed by atoms with Gasteiger partial charge in [0.05, 0.1) is 17.0 Å². The molecule has 1 aromatic carbocycles. The van der Waals surface area contributed by atoms with Crippen LogP contribution >= 0.6 is 0 Å². The van der Waals surface area contributed by atoms with Crippen molar-refractivity contribution in [2.45, 2.75) is 77.8 Å². The van der Waals surface area contributed by atoms with Crippen molar-refractivity contribution in [3.05, 3.63) is 23.8 Å². The van der Waals surface area contributed by atoms with E-state index >= 15 is 0 Å². The van der Waals surface area contributed by atoms with Crippen LogP contribution in [-0.4, -0.2) is 50.9 Å². The van der Waals surface area contributed by atoms with Gasteiger partial charge >= 0.3 is 0 Å². The Morgan fingerprint density at radius 3 is 2.37 bits per heavy atom. The fourth-order valence-corrected chi connectivity index (χ4v) is 4.27. The molecule has 0 aromatic heterocycles. The van der Waals surface area contributed by atoms with Crippen molar-refractivity contribution in [3.8, 4) is 0 Å². The molecule has 0 bridgehead atoms. The Kier molecular flexibility index (Phi) is 8.30. The molecule has 1 aliphatic heterocycles. The molecule has 0 aliphatic carbocycles. The predicted octanol–water partition coefficient (Wildman–Crippen LogP) is 3.44. The summed E-state index contributed by atoms with van der Waals surface area (Å²) < 4.78 is 31.6. The average molecular weight is 440 g/mol. The van der Waals surface area contributed by atoms with E-state index in [1.165, 1.54) is 0 Å². The van der Waals surface area contributed by atoms with Crippen LogP contribution in [0.1, 0.15) is 59.4 Å². The number of nitrogens with zero attached hydrogens (tertiary/aromatic N) is 1. The normalized spacial score (nSPS) is 20.3. The van der Waals surface area contributed by atoms with Crippen molar-refractivity contribution >= 4 is 27.3 Å². The van der Waals surface area contributed by atoms with Gasteiger partial charge in [-0.15, -0.1) is 0 Å². The van der Waals surface area contributed by atoms with Crippen LogP contribution in [0.4, 0.5) is 11.4 Å². The molecule has 0 radical (unpaired) electrons. The summed E-state index contributed by atoms with van der Waals surface area (Å²) in [5.74, 6) is -0.0573. The van der Waals surface area contributed by atoms with Crippen molar-refractivity contribution < 1.29 is 17.9 Å². The van der Waals surface area contributed by atoms with E-state index in [-0.39, 0.29) is 18.1 Å². The quantitative estimate of drug-likeness (QED) is 0.606. The van der Waals surface area contributed by atoms with Gasteiger partial charge < -0.3 is 15.0 Å². The van der Waals surface area contributed by atoms with E-state index in [1.54, 1.807) is 20.8 Å². The Bertz CT molecular complexity index is 823. The molecule has 8 heteroatoms. The van der Waals surface area contributed by atoms with Crippen molar-refractivity contribution in [3.63, 3.8) is 0 Å². The number of aryl methyl sites for hydroxylation is 1. The summed E-state index contributed by atoms with van der Waals surface area (Å²) in [7, 11) is -3.34. The lowest BCUT2D eigenvalue weighted by molar-refractivity contribution is -0.116. The van der Waals surface area contributed by atoms with Gasteiger partial charge in [-0.1, -0.05) is 0 Å². The van der Waals surface area contributed by atoms with E-state index in [0.29, 0.717) is 25.8 Å². The minimum Gasteiger partial charge on any atom is -0.372 e. The average Bonchev–Trinajstić information content (AvgIpc) is 2.61. The zero-order valence-electron chi connectivity index (χ0n) is 19.1. The van der Waals surface area contributed by atoms with E-state index in [2.05, 4.69) is 34.9 Å². The molecule has 2 atom stereocenters. The summed E-state index contributed by atoms with van der Waals surface area (Å²) >= 11 is 0. The molecule has 1 aliphatic rings. The van der Waals surface area contributed by atoms with Crippen LogP contribution in [0.15, 0.2) is 18.2 Å². The van der Waals surface area contributed by atoms with Crippen molar-refractivity contribution in [2.75, 3.05) is 29.9 Å². The number of carbonyl (C=O) groups is 1. The molecular formula is C22H37N3O4S. The van der Waals surface area contributed by atoms with Crippen LogP contribution in [0.2, 0.25) is 0 Å². The molecule has 1 heterocycles. The fraction of sp³-hybridized carbons (Fsp3) is 0.682. The number of morpholine rings is 1. The van der Waals surface area contributed by atoms with E-state index in [0.717, 1.165) is 30.0 Å². The van der Waals surface area contributed by atoms with E-state index in [1.807, 2.05) is 19.1 Å². The number of benzene rings is 1. The number of hydrogen-bond acceptors (Lipinski definition) is 5. The first kappa shape index (κ1) is 24.6. The van der Waals surface area contributed by atoms with Gasteiger partial charge in [-0.25, -0.2) is 13.1 Å². The third-order valence-corrected chi connectivity index (χ3v) is 7.39. The molecule has 2 rings (SSSR count). The summed E-state index contributed by atoms with van der Waals surface area (Å²) in [4.78, 5) is 14.6. The minimum absolute atomic E-state index is 0.0573. The molecule has 0 spiro atoms. The lowest BCUT2D eigenvalue weighted by atomic mass is 10.1. The number of amides is 1. The topological polar surface area (TPSA) is 87.7 Å². The summed E-state index contributed by atoms with van der Waals surface area (Å²) in [6.45, 7) is 13.2. The van der Waals surface area contributed by atoms with Gasteiger partial charge in [0.25, 0.3) is 0 Å². The number of hydrogen-bond donors (Lipinski definition) is 2. The second kappa shape index (κ2) is 10.1. The largest absolute Gasteiger partial charge is 0.372 e. The number of rotatable bonds is 8. The Labute approximate surface area is 181 Å². The molecule has 30 heavy (non-hydrogen) atoms. The molecule has 1 aromatic rings. The van der Waals surface area contributed by atoms with Crippen LogP contribution in [0.3, 0.4) is 0 Å². The molecule has 0 saturated carbocycles. The summed E-state index contributed by atoms with van der Waals surface area (Å²) in [6, 6.07) is 6.08. The van der Waals surface area contributed by atoms with Crippen LogP contribution < -0.4 is 14.9 Å². The monoisotopic (exact) mass is 439 g/mol. The maximum Gasteiger partial charge on any atom is 0.224 e. The van der Waals surface area contributed by atoms with Gasteiger partial charge in [-0.3, -0.25) is 4.79 Å². The molecule has 1 saturated heterocycles. The SMILES string of the molecule is Cc1cc(N2CC(C)OC(C)C2)ccc1NC(=O)CCCCNS(=O)(=O)C(C)(C)C. The summed E-state index contributed by atoms with van der Waals surface area (Å²) in [5, 5.41) is 2.97. The van der Waals surface area contributed by atoms with Crippen molar-refractivity contribution in [1.82, 2.24) is 4.72 Å². The standard InChI is InChI=1S/C22H37N3O4S/c1-16-13-19(25-14-17(2)29-18(3)15-25)10-11-20(16)24-21(26)9-7-8-12-23-30(27,28)22(4,5)6/h10-11,13,17-18,23H,7-9,12,14-15H2,1-6H3,(H,24,26). The number of nitrogens with one attached hydrogen (secondary N) is 2. The van der Waals surface area contributed by atoms with Crippen LogP contribution in [0.25, 0.3) is 0 Å². The Morgan fingerprint density at radius 1 is 1.17 bits per heavy atom. The first-order valence-electron chi connectivity index (χ1n) is 10.7. The first-order valence-corrected chi connectivity index (χ1v) is 12.2. The van der Waals surface area contributed by atoms with Gasteiger partial charge in [-0.2, -0.15) is 0 Å². The lowest BCUT2D eigenvalue weighted by Gasteiger charge is -2.37. The van der Waals surface area contributed by atoms with E-state index in [4.69, 9.17) is 4.74 Å². The Balaban J connectivity index is 1.80. The van der Waals surface area contributed by atoms with Crippen molar-refractivity contribution in [1.29, 1.82) is 0 Å². The van der Waals surface area contributed by atoms with Gasteiger partial charge in [-0.05, 0) is 78.1 Å². The second-order valence-electron chi connectivity index (χ2n) is 9.18. The highest BCUT2D eigenvalue weighted by Gasteiger charge is 2.28.